The van der Waals surface area contributed by atoms with Crippen molar-refractivity contribution < 1.29 is 4.79 Å². The summed E-state index contributed by atoms with van der Waals surface area (Å²) in [5.74, 6) is 0.0363. The summed E-state index contributed by atoms with van der Waals surface area (Å²) in [5, 5.41) is 4.48. The highest BCUT2D eigenvalue weighted by Crippen LogP contribution is 2.78. The van der Waals surface area contributed by atoms with Crippen molar-refractivity contribution in [3.63, 3.8) is 0 Å². The van der Waals surface area contributed by atoms with Gasteiger partial charge in [-0.05, 0) is 76.2 Å². The van der Waals surface area contributed by atoms with Crippen LogP contribution in [0.5, 0.6) is 0 Å². The van der Waals surface area contributed by atoms with E-state index in [-0.39, 0.29) is 5.78 Å². The van der Waals surface area contributed by atoms with Crippen LogP contribution in [0.15, 0.2) is 61.2 Å². The Bertz CT molecular complexity index is 1360. The van der Waals surface area contributed by atoms with Gasteiger partial charge in [0.15, 0.2) is 0 Å². The van der Waals surface area contributed by atoms with Crippen molar-refractivity contribution in [2.75, 3.05) is 11.1 Å². The average molecular weight is 556 g/mol. The van der Waals surface area contributed by atoms with E-state index in [0.717, 1.165) is 50.2 Å². The minimum Gasteiger partial charge on any atom is -0.399 e. The number of rotatable bonds is 5. The van der Waals surface area contributed by atoms with Crippen LogP contribution in [0.1, 0.15) is 54.2 Å². The smallest absolute Gasteiger partial charge is 0.141 e. The van der Waals surface area contributed by atoms with Crippen LogP contribution in [0.4, 0.5) is 11.4 Å². The van der Waals surface area contributed by atoms with Crippen LogP contribution in [-0.4, -0.2) is 10.1 Å². The summed E-state index contributed by atoms with van der Waals surface area (Å²) in [5.41, 5.74) is 14.1. The Balaban J connectivity index is 0.000000206. The highest BCUT2D eigenvalue weighted by molar-refractivity contribution is 7.28. The van der Waals surface area contributed by atoms with E-state index < -0.39 is 15.2 Å². The SMILES string of the molecule is C=C(Nc1ccc(C)cc1P)c1cc(N)ccc1C.CC(=O)[C@]1(C)C(Cl)(Cl)[C@@]1(C)c1cc(C)cc(C)c1. The molecule has 3 N–H and O–H groups in total. The molecule has 0 heterocycles. The third kappa shape index (κ3) is 5.19. The molecule has 3 nitrogen and oxygen atoms in total. The van der Waals surface area contributed by atoms with Crippen molar-refractivity contribution in [1.82, 2.24) is 0 Å². The maximum absolute atomic E-state index is 11.9. The Kier molecular flexibility index (Phi) is 8.26. The number of alkyl halides is 2. The number of benzene rings is 3. The summed E-state index contributed by atoms with van der Waals surface area (Å²) in [6.45, 7) is 17.7. The van der Waals surface area contributed by atoms with Crippen molar-refractivity contribution in [2.45, 2.75) is 58.2 Å². The van der Waals surface area contributed by atoms with Gasteiger partial charge in [0.1, 0.15) is 10.1 Å². The number of anilines is 2. The Hall–Kier alpha value is -2.32. The van der Waals surface area contributed by atoms with E-state index in [0.29, 0.717) is 0 Å². The molecule has 3 aromatic rings. The lowest BCUT2D eigenvalue weighted by Crippen LogP contribution is -2.19. The second-order valence-electron chi connectivity index (χ2n) is 10.5. The molecule has 1 unspecified atom stereocenters. The summed E-state index contributed by atoms with van der Waals surface area (Å²) < 4.78 is -1.04. The zero-order valence-corrected chi connectivity index (χ0v) is 25.4. The van der Waals surface area contributed by atoms with Crippen LogP contribution in [0.2, 0.25) is 0 Å². The first-order valence-corrected chi connectivity index (χ1v) is 13.6. The molecular weight excluding hydrogens is 518 g/mol. The average Bonchev–Trinajstić information content (AvgIpc) is 3.17. The highest BCUT2D eigenvalue weighted by Gasteiger charge is 2.84. The Morgan fingerprint density at radius 3 is 2.03 bits per heavy atom. The Morgan fingerprint density at radius 2 is 1.51 bits per heavy atom. The second kappa shape index (κ2) is 10.4. The summed E-state index contributed by atoms with van der Waals surface area (Å²) in [4.78, 5) is 11.9. The number of carbonyl (C=O) groups excluding carboxylic acids is 1. The van der Waals surface area contributed by atoms with Gasteiger partial charge in [-0.3, -0.25) is 4.79 Å². The largest absolute Gasteiger partial charge is 0.399 e. The van der Waals surface area contributed by atoms with Crippen molar-refractivity contribution in [3.8, 4) is 0 Å². The third-order valence-corrected chi connectivity index (χ3v) is 9.77. The molecule has 37 heavy (non-hydrogen) atoms. The zero-order chi connectivity index (χ0) is 27.9. The molecule has 196 valence electrons. The molecule has 1 aliphatic rings. The number of nitrogens with one attached hydrogen (secondary N) is 1. The fraction of sp³-hybridized carbons (Fsp3) is 0.323. The topological polar surface area (TPSA) is 55.1 Å². The summed E-state index contributed by atoms with van der Waals surface area (Å²) >= 11 is 12.9. The van der Waals surface area contributed by atoms with E-state index in [4.69, 9.17) is 28.9 Å². The third-order valence-electron chi connectivity index (χ3n) is 7.78. The lowest BCUT2D eigenvalue weighted by molar-refractivity contribution is -0.122. The van der Waals surface area contributed by atoms with E-state index >= 15 is 0 Å². The van der Waals surface area contributed by atoms with E-state index in [1.807, 2.05) is 45.9 Å². The number of hydrogen-bond acceptors (Lipinski definition) is 3. The lowest BCUT2D eigenvalue weighted by Gasteiger charge is -2.17. The Labute approximate surface area is 234 Å². The van der Waals surface area contributed by atoms with Gasteiger partial charge in [-0.2, -0.15) is 0 Å². The van der Waals surface area contributed by atoms with Crippen LogP contribution in [0.25, 0.3) is 5.70 Å². The number of aryl methyl sites for hydroxylation is 4. The number of carbonyl (C=O) groups is 1. The molecule has 0 amide bonds. The molecule has 4 rings (SSSR count). The van der Waals surface area contributed by atoms with Gasteiger partial charge >= 0.3 is 0 Å². The first-order chi connectivity index (χ1) is 17.1. The minimum absolute atomic E-state index is 0.0363. The predicted octanol–water partition coefficient (Wildman–Crippen LogP) is 7.81. The summed E-state index contributed by atoms with van der Waals surface area (Å²) in [6, 6.07) is 18.4. The van der Waals surface area contributed by atoms with E-state index in [1.165, 1.54) is 5.56 Å². The second-order valence-corrected chi connectivity index (χ2v) is 12.5. The van der Waals surface area contributed by atoms with Crippen molar-refractivity contribution in [3.05, 3.63) is 94.6 Å². The van der Waals surface area contributed by atoms with Crippen LogP contribution < -0.4 is 16.4 Å². The number of nitrogen functional groups attached to an aromatic ring is 1. The van der Waals surface area contributed by atoms with Gasteiger partial charge in [-0.15, -0.1) is 9.24 Å². The van der Waals surface area contributed by atoms with Gasteiger partial charge in [0.25, 0.3) is 0 Å². The van der Waals surface area contributed by atoms with E-state index in [9.17, 15) is 4.79 Å². The van der Waals surface area contributed by atoms with Crippen molar-refractivity contribution in [1.29, 1.82) is 0 Å². The molecule has 0 spiro atoms. The standard InChI is InChI=1S/C16H19N2P.C15H18Cl2O/c1-10-4-7-15(16(19)8-10)18-12(3)14-9-13(17)6-5-11(14)2;1-9-6-10(2)8-12(7-9)14(5)13(4,11(3)18)15(14,16)17/h4-9,18H,3,17,19H2,1-2H3;6-8H,1-5H3/t;13-,14-/m.0/s1. The monoisotopic (exact) mass is 554 g/mol. The van der Waals surface area contributed by atoms with Gasteiger partial charge < -0.3 is 11.1 Å². The number of hydrogen-bond donors (Lipinski definition) is 2. The quantitative estimate of drug-likeness (QED) is 0.192. The Morgan fingerprint density at radius 1 is 0.919 bits per heavy atom. The summed E-state index contributed by atoms with van der Waals surface area (Å²) in [6.07, 6.45) is 0. The molecule has 3 aromatic carbocycles. The molecule has 0 radical (unpaired) electrons. The molecule has 0 aliphatic heterocycles. The van der Waals surface area contributed by atoms with E-state index in [2.05, 4.69) is 71.4 Å². The van der Waals surface area contributed by atoms with Gasteiger partial charge in [0.05, 0.1) is 5.41 Å². The van der Waals surface area contributed by atoms with Crippen molar-refractivity contribution in [2.24, 2.45) is 5.41 Å². The molecule has 0 bridgehead atoms. The van der Waals surface area contributed by atoms with E-state index in [1.54, 1.807) is 6.92 Å². The van der Waals surface area contributed by atoms with Gasteiger partial charge in [0, 0.05) is 28.1 Å². The van der Waals surface area contributed by atoms with Crippen molar-refractivity contribution >= 4 is 60.6 Å². The number of ketones is 1. The summed E-state index contributed by atoms with van der Waals surface area (Å²) in [7, 11) is 2.74. The van der Waals surface area contributed by atoms with Crippen LogP contribution >= 0.6 is 32.4 Å². The van der Waals surface area contributed by atoms with Crippen LogP contribution in [0, 0.1) is 33.1 Å². The first kappa shape index (κ1) is 29.2. The molecule has 6 heteroatoms. The maximum Gasteiger partial charge on any atom is 0.141 e. The first-order valence-electron chi connectivity index (χ1n) is 12.2. The number of halogens is 2. The molecule has 1 saturated carbocycles. The molecule has 1 aliphatic carbocycles. The maximum atomic E-state index is 11.9. The van der Waals surface area contributed by atoms with Gasteiger partial charge in [0.2, 0.25) is 0 Å². The fourth-order valence-electron chi connectivity index (χ4n) is 5.10. The van der Waals surface area contributed by atoms with Gasteiger partial charge in [-0.25, -0.2) is 0 Å². The minimum atomic E-state index is -1.04. The molecular formula is C31H37Cl2N2OP. The normalized spacial score (nSPS) is 21.5. The molecule has 1 fully saturated rings. The molecule has 3 atom stereocenters. The lowest BCUT2D eigenvalue weighted by atomic mass is 9.85. The number of Topliss-reactive ketones (excluding diaryl/α,β-unsaturated/α-hetero) is 1. The zero-order valence-electron chi connectivity index (χ0n) is 22.7. The highest BCUT2D eigenvalue weighted by atomic mass is 35.5. The van der Waals surface area contributed by atoms with Crippen LogP contribution in [-0.2, 0) is 10.2 Å². The number of nitrogens with two attached hydrogens (primary N) is 1. The predicted molar refractivity (Wildman–Crippen MR) is 165 cm³/mol. The fourth-order valence-corrected chi connectivity index (χ4v) is 6.67. The molecule has 0 aromatic heterocycles. The van der Waals surface area contributed by atoms with Gasteiger partial charge in [-0.1, -0.05) is 89.8 Å². The van der Waals surface area contributed by atoms with Crippen LogP contribution in [0.3, 0.4) is 0 Å². The molecule has 0 saturated heterocycles.